The molecule has 0 aliphatic heterocycles. The van der Waals surface area contributed by atoms with E-state index in [-0.39, 0.29) is 18.2 Å². The molecule has 1 rings (SSSR count). The molecule has 0 fully saturated rings. The Kier molecular flexibility index (Phi) is 5.10. The lowest BCUT2D eigenvalue weighted by molar-refractivity contribution is -0.143. The summed E-state index contributed by atoms with van der Waals surface area (Å²) in [6.45, 7) is 7.55. The van der Waals surface area contributed by atoms with Crippen molar-refractivity contribution in [2.24, 2.45) is 5.92 Å². The lowest BCUT2D eigenvalue weighted by Crippen LogP contribution is -2.44. The number of carbonyl (C=O) groups excluding carboxylic acids is 1. The van der Waals surface area contributed by atoms with E-state index in [2.05, 4.69) is 5.32 Å². The van der Waals surface area contributed by atoms with Gasteiger partial charge in [0.2, 0.25) is 5.91 Å². The molecule has 1 aromatic rings. The fourth-order valence-corrected chi connectivity index (χ4v) is 1.84. The minimum Gasteiger partial charge on any atom is -0.480 e. The number of carboxylic acids is 1. The van der Waals surface area contributed by atoms with Gasteiger partial charge < -0.3 is 10.4 Å². The van der Waals surface area contributed by atoms with Crippen LogP contribution in [0.2, 0.25) is 0 Å². The number of hydrogen-bond acceptors (Lipinski definition) is 2. The molecule has 104 valence electrons. The highest BCUT2D eigenvalue weighted by molar-refractivity contribution is 5.85. The molecule has 0 spiro atoms. The molecule has 19 heavy (non-hydrogen) atoms. The smallest absolute Gasteiger partial charge is 0.326 e. The van der Waals surface area contributed by atoms with Crippen molar-refractivity contribution in [3.8, 4) is 0 Å². The highest BCUT2D eigenvalue weighted by Crippen LogP contribution is 2.10. The largest absolute Gasteiger partial charge is 0.480 e. The predicted octanol–water partition coefficient (Wildman–Crippen LogP) is 2.07. The molecule has 0 heterocycles. The minimum absolute atomic E-state index is 0.138. The zero-order valence-corrected chi connectivity index (χ0v) is 11.9. The van der Waals surface area contributed by atoms with Gasteiger partial charge in [-0.15, -0.1) is 0 Å². The summed E-state index contributed by atoms with van der Waals surface area (Å²) in [5, 5.41) is 11.6. The number of nitrogens with one attached hydrogen (secondary N) is 1. The fraction of sp³-hybridized carbons (Fsp3) is 0.467. The summed E-state index contributed by atoms with van der Waals surface area (Å²) < 4.78 is 0. The van der Waals surface area contributed by atoms with E-state index in [0.717, 1.165) is 11.1 Å². The molecule has 0 bridgehead atoms. The Labute approximate surface area is 113 Å². The zero-order chi connectivity index (χ0) is 14.6. The molecule has 0 aliphatic rings. The molecule has 4 nitrogen and oxygen atoms in total. The molecular weight excluding hydrogens is 242 g/mol. The minimum atomic E-state index is -0.997. The van der Waals surface area contributed by atoms with Crippen molar-refractivity contribution in [1.82, 2.24) is 5.32 Å². The Balaban J connectivity index is 2.69. The number of rotatable bonds is 5. The van der Waals surface area contributed by atoms with Gasteiger partial charge in [-0.2, -0.15) is 0 Å². The molecule has 0 unspecified atom stereocenters. The van der Waals surface area contributed by atoms with Crippen molar-refractivity contribution in [1.29, 1.82) is 0 Å². The Morgan fingerprint density at radius 2 is 1.84 bits per heavy atom. The van der Waals surface area contributed by atoms with E-state index in [1.165, 1.54) is 5.56 Å². The van der Waals surface area contributed by atoms with Gasteiger partial charge in [0.05, 0.1) is 6.42 Å². The summed E-state index contributed by atoms with van der Waals surface area (Å²) in [6, 6.07) is 4.99. The van der Waals surface area contributed by atoms with Crippen LogP contribution in [0, 0.1) is 19.8 Å². The maximum atomic E-state index is 11.9. The maximum Gasteiger partial charge on any atom is 0.326 e. The number of benzene rings is 1. The Bertz CT molecular complexity index is 480. The number of amides is 1. The summed E-state index contributed by atoms with van der Waals surface area (Å²) in [5.41, 5.74) is 3.20. The summed E-state index contributed by atoms with van der Waals surface area (Å²) in [6.07, 6.45) is 0.206. The first-order chi connectivity index (χ1) is 8.81. The molecule has 2 N–H and O–H groups in total. The second-order valence-corrected chi connectivity index (χ2v) is 5.22. The van der Waals surface area contributed by atoms with Crippen molar-refractivity contribution in [2.45, 2.75) is 40.2 Å². The molecule has 1 atom stereocenters. The van der Waals surface area contributed by atoms with Gasteiger partial charge in [-0.05, 0) is 36.5 Å². The molecule has 0 aromatic heterocycles. The molecule has 0 saturated carbocycles. The fourth-order valence-electron chi connectivity index (χ4n) is 1.84. The number of carboxylic acid groups (broad SMARTS) is 1. The van der Waals surface area contributed by atoms with Gasteiger partial charge >= 0.3 is 5.97 Å². The molecule has 4 heteroatoms. The SMILES string of the molecule is Cc1ccc(CC(=O)N[C@@H](C(=O)O)C(C)C)cc1C. The van der Waals surface area contributed by atoms with Gasteiger partial charge in [0.15, 0.2) is 0 Å². The monoisotopic (exact) mass is 263 g/mol. The van der Waals surface area contributed by atoms with Gasteiger partial charge in [0.25, 0.3) is 0 Å². The zero-order valence-electron chi connectivity index (χ0n) is 11.9. The predicted molar refractivity (Wildman–Crippen MR) is 74.0 cm³/mol. The Hall–Kier alpha value is -1.84. The van der Waals surface area contributed by atoms with Crippen molar-refractivity contribution in [3.05, 3.63) is 34.9 Å². The van der Waals surface area contributed by atoms with E-state index in [9.17, 15) is 9.59 Å². The van der Waals surface area contributed by atoms with Crippen LogP contribution in [0.15, 0.2) is 18.2 Å². The molecule has 0 saturated heterocycles. The van der Waals surface area contributed by atoms with Gasteiger partial charge in [-0.25, -0.2) is 4.79 Å². The van der Waals surface area contributed by atoms with Crippen LogP contribution in [-0.4, -0.2) is 23.0 Å². The van der Waals surface area contributed by atoms with Crippen molar-refractivity contribution in [3.63, 3.8) is 0 Å². The number of aliphatic carboxylic acids is 1. The van der Waals surface area contributed by atoms with Crippen LogP contribution in [0.25, 0.3) is 0 Å². The van der Waals surface area contributed by atoms with Crippen LogP contribution < -0.4 is 5.32 Å². The highest BCUT2D eigenvalue weighted by atomic mass is 16.4. The summed E-state index contributed by atoms with van der Waals surface area (Å²) in [7, 11) is 0. The van der Waals surface area contributed by atoms with Crippen molar-refractivity contribution < 1.29 is 14.7 Å². The van der Waals surface area contributed by atoms with Gasteiger partial charge in [-0.1, -0.05) is 32.0 Å². The van der Waals surface area contributed by atoms with Crippen LogP contribution in [0.1, 0.15) is 30.5 Å². The quantitative estimate of drug-likeness (QED) is 0.854. The van der Waals surface area contributed by atoms with E-state index in [0.29, 0.717) is 0 Å². The lowest BCUT2D eigenvalue weighted by atomic mass is 10.0. The first kappa shape index (κ1) is 15.2. The summed E-state index contributed by atoms with van der Waals surface area (Å²) >= 11 is 0. The molecular formula is C15H21NO3. The third-order valence-electron chi connectivity index (χ3n) is 3.19. The van der Waals surface area contributed by atoms with Gasteiger partial charge in [0, 0.05) is 0 Å². The third kappa shape index (κ3) is 4.39. The number of hydrogen-bond donors (Lipinski definition) is 2. The van der Waals surface area contributed by atoms with Gasteiger partial charge in [-0.3, -0.25) is 4.79 Å². The second kappa shape index (κ2) is 6.36. The van der Waals surface area contributed by atoms with Crippen LogP contribution in [0.3, 0.4) is 0 Å². The molecule has 0 radical (unpaired) electrons. The van der Waals surface area contributed by atoms with E-state index >= 15 is 0 Å². The van der Waals surface area contributed by atoms with Crippen LogP contribution in [-0.2, 0) is 16.0 Å². The van der Waals surface area contributed by atoms with Gasteiger partial charge in [0.1, 0.15) is 6.04 Å². The van der Waals surface area contributed by atoms with E-state index in [4.69, 9.17) is 5.11 Å². The standard InChI is InChI=1S/C15H21NO3/c1-9(2)14(15(18)19)16-13(17)8-12-6-5-10(3)11(4)7-12/h5-7,9,14H,8H2,1-4H3,(H,16,17)(H,18,19)/t14-/m1/s1. The second-order valence-electron chi connectivity index (χ2n) is 5.22. The van der Waals surface area contributed by atoms with E-state index in [1.807, 2.05) is 32.0 Å². The summed E-state index contributed by atoms with van der Waals surface area (Å²) in [4.78, 5) is 22.9. The maximum absolute atomic E-state index is 11.9. The average Bonchev–Trinajstić information content (AvgIpc) is 2.30. The van der Waals surface area contributed by atoms with Crippen molar-refractivity contribution >= 4 is 11.9 Å². The number of aryl methyl sites for hydroxylation is 2. The first-order valence-corrected chi connectivity index (χ1v) is 6.39. The van der Waals surface area contributed by atoms with Crippen LogP contribution >= 0.6 is 0 Å². The Morgan fingerprint density at radius 3 is 2.32 bits per heavy atom. The van der Waals surface area contributed by atoms with E-state index < -0.39 is 12.0 Å². The first-order valence-electron chi connectivity index (χ1n) is 6.39. The molecule has 1 amide bonds. The average molecular weight is 263 g/mol. The normalized spacial score (nSPS) is 12.3. The number of carbonyl (C=O) groups is 2. The highest BCUT2D eigenvalue weighted by Gasteiger charge is 2.23. The topological polar surface area (TPSA) is 66.4 Å². The third-order valence-corrected chi connectivity index (χ3v) is 3.19. The van der Waals surface area contributed by atoms with Crippen molar-refractivity contribution in [2.75, 3.05) is 0 Å². The lowest BCUT2D eigenvalue weighted by Gasteiger charge is -2.18. The molecule has 0 aliphatic carbocycles. The van der Waals surface area contributed by atoms with Crippen LogP contribution in [0.5, 0.6) is 0 Å². The van der Waals surface area contributed by atoms with Crippen LogP contribution in [0.4, 0.5) is 0 Å². The summed E-state index contributed by atoms with van der Waals surface area (Å²) in [5.74, 6) is -1.39. The van der Waals surface area contributed by atoms with E-state index in [1.54, 1.807) is 13.8 Å². The molecule has 1 aromatic carbocycles. The Morgan fingerprint density at radius 1 is 1.21 bits per heavy atom.